The lowest BCUT2D eigenvalue weighted by Crippen LogP contribution is -2.42. The summed E-state index contributed by atoms with van der Waals surface area (Å²) in [6.45, 7) is 2.90. The average Bonchev–Trinajstić information content (AvgIpc) is 3.69. The number of piperidine rings is 1. The molecule has 0 spiro atoms. The molecule has 0 aliphatic carbocycles. The molecule has 0 bridgehead atoms. The maximum atomic E-state index is 6.78. The number of benzene rings is 2. The molecule has 202 valence electrons. The largest absolute Gasteiger partial charge is 0.464 e. The quantitative estimate of drug-likeness (QED) is 0.318. The molecule has 4 heterocycles. The fraction of sp³-hybridized carbons (Fsp3) is 0.414. The van der Waals surface area contributed by atoms with Crippen LogP contribution in [-0.2, 0) is 24.4 Å². The molecule has 2 aliphatic rings. The van der Waals surface area contributed by atoms with Crippen LogP contribution >= 0.6 is 0 Å². The second-order valence-electron chi connectivity index (χ2n) is 10.7. The topological polar surface area (TPSA) is 98.2 Å². The summed E-state index contributed by atoms with van der Waals surface area (Å²) in [4.78, 5) is 4.61. The summed E-state index contributed by atoms with van der Waals surface area (Å²) in [5, 5.41) is 21.1. The van der Waals surface area contributed by atoms with Crippen molar-refractivity contribution in [2.45, 2.75) is 50.7 Å². The molecular formula is C29H35N8O2+. The SMILES string of the molecule is CN(C)Cc1n[nH]nc1CN1CCC[C@H](OCc2cc(C3C=NN=[N+]3C)cc3ccoc23)[C@@H]1c1ccccc1. The predicted octanol–water partition coefficient (Wildman–Crippen LogP) is 4.67. The standard InChI is InChI=1S/C29H35N8O2/c1-35(2)17-24-25(32-33-31-24)18-37-12-7-10-27(28(37)20-8-5-4-6-9-20)39-19-23-15-22(26-16-30-34-36(26)3)14-21-11-13-38-29(21)23/h4-6,8-9,11,13-16,26-28H,7,10,12,17-19H2,1-3H3,(H,31,32,33)/q+1/t26?,27-,28-/m0/s1. The lowest BCUT2D eigenvalue weighted by atomic mass is 9.92. The number of H-pyrrole nitrogens is 1. The normalized spacial score (nSPS) is 21.7. The molecule has 10 heteroatoms. The summed E-state index contributed by atoms with van der Waals surface area (Å²) >= 11 is 0. The van der Waals surface area contributed by atoms with Gasteiger partial charge in [-0.25, -0.2) is 0 Å². The van der Waals surface area contributed by atoms with E-state index in [1.54, 1.807) is 6.26 Å². The molecule has 0 radical (unpaired) electrons. The van der Waals surface area contributed by atoms with E-state index < -0.39 is 0 Å². The number of furan rings is 1. The number of aromatic nitrogens is 3. The van der Waals surface area contributed by atoms with Crippen molar-refractivity contribution in [3.63, 3.8) is 0 Å². The molecule has 0 amide bonds. The molecule has 3 atom stereocenters. The van der Waals surface area contributed by atoms with Crippen LogP contribution in [0.4, 0.5) is 0 Å². The molecule has 2 aromatic heterocycles. The third kappa shape index (κ3) is 5.40. The van der Waals surface area contributed by atoms with Gasteiger partial charge in [0.15, 0.2) is 6.21 Å². The predicted molar refractivity (Wildman–Crippen MR) is 147 cm³/mol. The van der Waals surface area contributed by atoms with Crippen molar-refractivity contribution in [2.24, 2.45) is 10.3 Å². The number of fused-ring (bicyclic) bond motifs is 1. The van der Waals surface area contributed by atoms with E-state index in [0.29, 0.717) is 13.2 Å². The number of nitrogens with one attached hydrogen (secondary N) is 1. The highest BCUT2D eigenvalue weighted by Crippen LogP contribution is 2.36. The van der Waals surface area contributed by atoms with Gasteiger partial charge in [-0.2, -0.15) is 20.1 Å². The van der Waals surface area contributed by atoms with Crippen molar-refractivity contribution in [3.8, 4) is 0 Å². The molecule has 1 N–H and O–H groups in total. The van der Waals surface area contributed by atoms with E-state index in [-0.39, 0.29) is 18.2 Å². The first-order valence-electron chi connectivity index (χ1n) is 13.5. The van der Waals surface area contributed by atoms with Crippen molar-refractivity contribution < 1.29 is 13.9 Å². The molecule has 10 nitrogen and oxygen atoms in total. The molecule has 2 aliphatic heterocycles. The number of aromatic amines is 1. The molecular weight excluding hydrogens is 492 g/mol. The fourth-order valence-corrected chi connectivity index (χ4v) is 5.76. The molecule has 0 saturated carbocycles. The van der Waals surface area contributed by atoms with Crippen LogP contribution in [0.1, 0.15) is 53.0 Å². The Kier molecular flexibility index (Phi) is 7.32. The first-order valence-corrected chi connectivity index (χ1v) is 13.5. The van der Waals surface area contributed by atoms with E-state index in [2.05, 4.69) is 78.0 Å². The van der Waals surface area contributed by atoms with Crippen LogP contribution < -0.4 is 0 Å². The van der Waals surface area contributed by atoms with Crippen molar-refractivity contribution >= 4 is 17.2 Å². The molecule has 1 fully saturated rings. The van der Waals surface area contributed by atoms with Gasteiger partial charge in [-0.3, -0.25) is 4.90 Å². The Bertz CT molecular complexity index is 1470. The van der Waals surface area contributed by atoms with E-state index >= 15 is 0 Å². The highest BCUT2D eigenvalue weighted by molar-refractivity contribution is 5.82. The maximum absolute atomic E-state index is 6.78. The second-order valence-corrected chi connectivity index (χ2v) is 10.7. The molecule has 1 unspecified atom stereocenters. The van der Waals surface area contributed by atoms with Gasteiger partial charge in [0, 0.05) is 29.6 Å². The lowest BCUT2D eigenvalue weighted by Gasteiger charge is -2.41. The highest BCUT2D eigenvalue weighted by Gasteiger charge is 2.35. The Balaban J connectivity index is 1.27. The minimum atomic E-state index is 0.00381. The Hall–Kier alpha value is -3.73. The van der Waals surface area contributed by atoms with Gasteiger partial charge in [0.05, 0.1) is 37.2 Å². The second kappa shape index (κ2) is 11.2. The molecule has 39 heavy (non-hydrogen) atoms. The smallest absolute Gasteiger partial charge is 0.203 e. The third-order valence-electron chi connectivity index (χ3n) is 7.59. The maximum Gasteiger partial charge on any atom is 0.203 e. The van der Waals surface area contributed by atoms with Gasteiger partial charge in [-0.05, 0) is 57.2 Å². The van der Waals surface area contributed by atoms with Gasteiger partial charge < -0.3 is 14.1 Å². The summed E-state index contributed by atoms with van der Waals surface area (Å²) < 4.78 is 14.5. The van der Waals surface area contributed by atoms with Crippen LogP contribution in [0.3, 0.4) is 0 Å². The number of rotatable bonds is 9. The molecule has 6 rings (SSSR count). The number of nitrogens with zero attached hydrogens (tertiary/aromatic N) is 7. The zero-order valence-corrected chi connectivity index (χ0v) is 22.7. The van der Waals surface area contributed by atoms with Gasteiger partial charge in [0.25, 0.3) is 0 Å². The number of hydrogen-bond donors (Lipinski definition) is 1. The lowest BCUT2D eigenvalue weighted by molar-refractivity contribution is -0.585. The van der Waals surface area contributed by atoms with Crippen LogP contribution in [0.5, 0.6) is 0 Å². The van der Waals surface area contributed by atoms with Crippen molar-refractivity contribution in [2.75, 3.05) is 27.7 Å². The Labute approximate surface area is 227 Å². The third-order valence-corrected chi connectivity index (χ3v) is 7.59. The van der Waals surface area contributed by atoms with Crippen LogP contribution in [0.25, 0.3) is 11.0 Å². The number of likely N-dealkylation sites (tertiary alicyclic amines) is 1. The Morgan fingerprint density at radius 3 is 2.74 bits per heavy atom. The number of hydrogen-bond acceptors (Lipinski definition) is 8. The molecule has 4 aromatic rings. The fourth-order valence-electron chi connectivity index (χ4n) is 5.76. The summed E-state index contributed by atoms with van der Waals surface area (Å²) in [6.07, 6.45) is 5.66. The Morgan fingerprint density at radius 2 is 1.95 bits per heavy atom. The molecule has 1 saturated heterocycles. The van der Waals surface area contributed by atoms with Gasteiger partial charge in [0.1, 0.15) is 22.2 Å². The van der Waals surface area contributed by atoms with E-state index in [4.69, 9.17) is 9.15 Å². The monoisotopic (exact) mass is 527 g/mol. The highest BCUT2D eigenvalue weighted by atomic mass is 16.5. The van der Waals surface area contributed by atoms with Gasteiger partial charge in [0.2, 0.25) is 6.04 Å². The van der Waals surface area contributed by atoms with E-state index in [9.17, 15) is 0 Å². The number of ether oxygens (including phenoxy) is 1. The minimum absolute atomic E-state index is 0.00381. The van der Waals surface area contributed by atoms with E-state index in [1.165, 1.54) is 5.56 Å². The zero-order chi connectivity index (χ0) is 26.8. The van der Waals surface area contributed by atoms with E-state index in [0.717, 1.165) is 59.4 Å². The summed E-state index contributed by atoms with van der Waals surface area (Å²) in [5.41, 5.74) is 6.26. The summed E-state index contributed by atoms with van der Waals surface area (Å²) in [6, 6.07) is 17.1. The summed E-state index contributed by atoms with van der Waals surface area (Å²) in [5.74, 6) is 0. The van der Waals surface area contributed by atoms with Crippen LogP contribution in [-0.4, -0.2) is 69.9 Å². The van der Waals surface area contributed by atoms with Crippen molar-refractivity contribution in [3.05, 3.63) is 82.9 Å². The van der Waals surface area contributed by atoms with Gasteiger partial charge in [-0.1, -0.05) is 30.3 Å². The van der Waals surface area contributed by atoms with Crippen LogP contribution in [0.15, 0.2) is 69.5 Å². The van der Waals surface area contributed by atoms with Crippen molar-refractivity contribution in [1.82, 2.24) is 25.2 Å². The van der Waals surface area contributed by atoms with Gasteiger partial charge >= 0.3 is 0 Å². The van der Waals surface area contributed by atoms with E-state index in [1.807, 2.05) is 38.1 Å². The van der Waals surface area contributed by atoms with Crippen LogP contribution in [0, 0.1) is 0 Å². The first-order chi connectivity index (χ1) is 19.1. The first kappa shape index (κ1) is 25.5. The van der Waals surface area contributed by atoms with Gasteiger partial charge in [-0.15, -0.1) is 0 Å². The Morgan fingerprint density at radius 1 is 1.10 bits per heavy atom. The zero-order valence-electron chi connectivity index (χ0n) is 22.7. The minimum Gasteiger partial charge on any atom is -0.464 e. The van der Waals surface area contributed by atoms with Crippen LogP contribution in [0.2, 0.25) is 0 Å². The summed E-state index contributed by atoms with van der Waals surface area (Å²) in [7, 11) is 6.04. The molecule has 2 aromatic carbocycles. The van der Waals surface area contributed by atoms with Crippen molar-refractivity contribution in [1.29, 1.82) is 0 Å². The average molecular weight is 528 g/mol.